The third-order valence-electron chi connectivity index (χ3n) is 4.81. The Bertz CT molecular complexity index is 1050. The number of nitrogens with zero attached hydrogens (tertiary/aromatic N) is 1. The van der Waals surface area contributed by atoms with Crippen molar-refractivity contribution in [3.8, 4) is 17.2 Å². The molecule has 2 aromatic carbocycles. The number of hydrogen-bond donors (Lipinski definition) is 3. The van der Waals surface area contributed by atoms with Crippen molar-refractivity contribution in [1.29, 1.82) is 5.26 Å². The summed E-state index contributed by atoms with van der Waals surface area (Å²) in [7, 11) is 0. The Kier molecular flexibility index (Phi) is 4.92. The van der Waals surface area contributed by atoms with Crippen LogP contribution in [0, 0.1) is 17.1 Å². The fourth-order valence-electron chi connectivity index (χ4n) is 3.06. The molecule has 0 bridgehead atoms. The Morgan fingerprint density at radius 3 is 2.59 bits per heavy atom. The molecule has 1 saturated carbocycles. The summed E-state index contributed by atoms with van der Waals surface area (Å²) in [6, 6.07) is 14.0. The highest BCUT2D eigenvalue weighted by Crippen LogP contribution is 2.33. The minimum atomic E-state index is -0.685. The van der Waals surface area contributed by atoms with E-state index in [1.54, 1.807) is 6.07 Å². The van der Waals surface area contributed by atoms with Crippen LogP contribution in [-0.4, -0.2) is 16.4 Å². The second kappa shape index (κ2) is 7.03. The number of carbonyl (C=O) groups is 1. The summed E-state index contributed by atoms with van der Waals surface area (Å²) >= 11 is 0. The third kappa shape index (κ3) is 3.52. The number of carbonyl (C=O) groups excluding carboxylic acids is 1. The standard InChI is InChI=1S/C20H17FN4O.ClH/c21-14-5-6-16-15(9-14)18(17(10-22)25-16)13-3-1-12(2-4-13)11-24-19(26)20(23)7-8-20;/h1-6,9,25H,7-8,11,23H2,(H,24,26);1H. The van der Waals surface area contributed by atoms with E-state index in [1.165, 1.54) is 12.1 Å². The number of aromatic amines is 1. The molecule has 1 heterocycles. The summed E-state index contributed by atoms with van der Waals surface area (Å²) in [6.45, 7) is 0.395. The zero-order valence-electron chi connectivity index (χ0n) is 14.4. The molecule has 0 atom stereocenters. The lowest BCUT2D eigenvalue weighted by atomic mass is 10.0. The first-order chi connectivity index (χ1) is 12.5. The predicted octanol–water partition coefficient (Wildman–Crippen LogP) is 3.37. The summed E-state index contributed by atoms with van der Waals surface area (Å²) in [6.07, 6.45) is 1.46. The second-order valence-corrected chi connectivity index (χ2v) is 6.71. The molecule has 1 aliphatic rings. The van der Waals surface area contributed by atoms with Crippen LogP contribution in [0.5, 0.6) is 0 Å². The molecular formula is C20H18ClFN4O. The molecule has 3 aromatic rings. The van der Waals surface area contributed by atoms with Crippen LogP contribution in [0.3, 0.4) is 0 Å². The molecule has 1 amide bonds. The first kappa shape index (κ1) is 18.9. The number of nitrogens with two attached hydrogens (primary N) is 1. The van der Waals surface area contributed by atoms with Crippen LogP contribution in [0.25, 0.3) is 22.0 Å². The number of aromatic nitrogens is 1. The average molecular weight is 385 g/mol. The van der Waals surface area contributed by atoms with Crippen molar-refractivity contribution < 1.29 is 9.18 Å². The van der Waals surface area contributed by atoms with Gasteiger partial charge in [0.15, 0.2) is 0 Å². The van der Waals surface area contributed by atoms with Crippen LogP contribution in [0.1, 0.15) is 24.1 Å². The largest absolute Gasteiger partial charge is 0.350 e. The zero-order chi connectivity index (χ0) is 18.3. The number of H-pyrrole nitrogens is 1. The Labute approximate surface area is 161 Å². The van der Waals surface area contributed by atoms with Crippen molar-refractivity contribution in [2.45, 2.75) is 24.9 Å². The van der Waals surface area contributed by atoms with E-state index in [9.17, 15) is 14.4 Å². The first-order valence-corrected chi connectivity index (χ1v) is 8.38. The second-order valence-electron chi connectivity index (χ2n) is 6.71. The normalized spacial score (nSPS) is 14.3. The van der Waals surface area contributed by atoms with E-state index < -0.39 is 5.54 Å². The molecule has 0 aliphatic heterocycles. The number of benzene rings is 2. The van der Waals surface area contributed by atoms with Gasteiger partial charge in [-0.15, -0.1) is 12.4 Å². The minimum absolute atomic E-state index is 0. The smallest absolute Gasteiger partial charge is 0.240 e. The van der Waals surface area contributed by atoms with Gasteiger partial charge in [0.2, 0.25) is 5.91 Å². The lowest BCUT2D eigenvalue weighted by Gasteiger charge is -2.10. The van der Waals surface area contributed by atoms with Crippen molar-refractivity contribution in [2.75, 3.05) is 0 Å². The summed E-state index contributed by atoms with van der Waals surface area (Å²) in [5, 5.41) is 12.9. The van der Waals surface area contributed by atoms with Crippen LogP contribution in [0.4, 0.5) is 4.39 Å². The summed E-state index contributed by atoms with van der Waals surface area (Å²) in [5.74, 6) is -0.474. The number of amides is 1. The molecular weight excluding hydrogens is 367 g/mol. The topological polar surface area (TPSA) is 94.7 Å². The molecule has 4 rings (SSSR count). The highest BCUT2D eigenvalue weighted by atomic mass is 35.5. The first-order valence-electron chi connectivity index (χ1n) is 8.38. The van der Waals surface area contributed by atoms with Crippen LogP contribution in [0.2, 0.25) is 0 Å². The summed E-state index contributed by atoms with van der Waals surface area (Å²) < 4.78 is 13.6. The van der Waals surface area contributed by atoms with Crippen molar-refractivity contribution in [2.24, 2.45) is 5.73 Å². The van der Waals surface area contributed by atoms with Gasteiger partial charge in [0.25, 0.3) is 0 Å². The van der Waals surface area contributed by atoms with E-state index in [-0.39, 0.29) is 24.1 Å². The number of rotatable bonds is 4. The molecule has 0 unspecified atom stereocenters. The van der Waals surface area contributed by atoms with E-state index in [0.717, 1.165) is 24.0 Å². The maximum absolute atomic E-state index is 13.6. The molecule has 27 heavy (non-hydrogen) atoms. The van der Waals surface area contributed by atoms with Gasteiger partial charge in [0.1, 0.15) is 17.6 Å². The van der Waals surface area contributed by atoms with Gasteiger partial charge >= 0.3 is 0 Å². The van der Waals surface area contributed by atoms with Crippen molar-refractivity contribution in [1.82, 2.24) is 10.3 Å². The minimum Gasteiger partial charge on any atom is -0.350 e. The molecule has 4 N–H and O–H groups in total. The van der Waals surface area contributed by atoms with Crippen molar-refractivity contribution in [3.05, 3.63) is 59.5 Å². The van der Waals surface area contributed by atoms with E-state index in [4.69, 9.17) is 5.73 Å². The monoisotopic (exact) mass is 384 g/mol. The molecule has 7 heteroatoms. The number of fused-ring (bicyclic) bond motifs is 1. The zero-order valence-corrected chi connectivity index (χ0v) is 15.2. The van der Waals surface area contributed by atoms with E-state index in [0.29, 0.717) is 28.7 Å². The Morgan fingerprint density at radius 1 is 1.26 bits per heavy atom. The van der Waals surface area contributed by atoms with Gasteiger partial charge in [-0.2, -0.15) is 5.26 Å². The number of nitrogens with one attached hydrogen (secondary N) is 2. The van der Waals surface area contributed by atoms with Crippen molar-refractivity contribution in [3.63, 3.8) is 0 Å². The molecule has 1 aliphatic carbocycles. The number of halogens is 2. The highest BCUT2D eigenvalue weighted by Gasteiger charge is 2.45. The Hall–Kier alpha value is -2.88. The molecule has 0 saturated heterocycles. The van der Waals surface area contributed by atoms with Crippen molar-refractivity contribution >= 4 is 29.2 Å². The quantitative estimate of drug-likeness (QED) is 0.643. The lowest BCUT2D eigenvalue weighted by Crippen LogP contribution is -2.42. The van der Waals surface area contributed by atoms with Gasteiger partial charge in [-0.3, -0.25) is 4.79 Å². The van der Waals surface area contributed by atoms with Crippen LogP contribution >= 0.6 is 12.4 Å². The Balaban J connectivity index is 0.00000210. The number of nitriles is 1. The predicted molar refractivity (Wildman–Crippen MR) is 104 cm³/mol. The van der Waals surface area contributed by atoms with Gasteiger partial charge in [-0.1, -0.05) is 24.3 Å². The summed E-state index contributed by atoms with van der Waals surface area (Å²) in [5.41, 5.74) is 8.70. The van der Waals surface area contributed by atoms with Gasteiger partial charge in [0.05, 0.1) is 5.54 Å². The summed E-state index contributed by atoms with van der Waals surface area (Å²) in [4.78, 5) is 14.9. The van der Waals surface area contributed by atoms with E-state index in [2.05, 4.69) is 16.4 Å². The van der Waals surface area contributed by atoms with Gasteiger partial charge in [0, 0.05) is 23.0 Å². The van der Waals surface area contributed by atoms with Gasteiger partial charge in [-0.05, 0) is 42.2 Å². The van der Waals surface area contributed by atoms with Crippen LogP contribution in [0.15, 0.2) is 42.5 Å². The van der Waals surface area contributed by atoms with Gasteiger partial charge in [-0.25, -0.2) is 4.39 Å². The molecule has 0 radical (unpaired) electrons. The molecule has 1 aromatic heterocycles. The Morgan fingerprint density at radius 2 is 1.96 bits per heavy atom. The fraction of sp³-hybridized carbons (Fsp3) is 0.200. The van der Waals surface area contributed by atoms with Gasteiger partial charge < -0.3 is 16.0 Å². The van der Waals surface area contributed by atoms with E-state index in [1.807, 2.05) is 24.3 Å². The maximum Gasteiger partial charge on any atom is 0.240 e. The molecule has 0 spiro atoms. The van der Waals surface area contributed by atoms with Crippen LogP contribution < -0.4 is 11.1 Å². The maximum atomic E-state index is 13.6. The number of hydrogen-bond acceptors (Lipinski definition) is 3. The average Bonchev–Trinajstić information content (AvgIpc) is 3.30. The molecule has 138 valence electrons. The fourth-order valence-corrected chi connectivity index (χ4v) is 3.06. The third-order valence-corrected chi connectivity index (χ3v) is 4.81. The highest BCUT2D eigenvalue weighted by molar-refractivity contribution is 5.98. The molecule has 1 fully saturated rings. The lowest BCUT2D eigenvalue weighted by molar-refractivity contribution is -0.123. The SMILES string of the molecule is Cl.N#Cc1[nH]c2ccc(F)cc2c1-c1ccc(CNC(=O)C2(N)CC2)cc1. The van der Waals surface area contributed by atoms with E-state index >= 15 is 0 Å². The van der Waals surface area contributed by atoms with Crippen LogP contribution in [-0.2, 0) is 11.3 Å². The molecule has 5 nitrogen and oxygen atoms in total.